The molecule has 5 nitrogen and oxygen atoms in total. The summed E-state index contributed by atoms with van der Waals surface area (Å²) in [6, 6.07) is 6.24. The Bertz CT molecular complexity index is 594. The standard InChI is InChI=1S/C19H30ClN3O2.ClH/c1-12(2)16(21)10-11-23(5)19(25)17(13(3)4)22-18(24)14-8-6-7-9-15(14)20;/h6-9,12-13,16-17H,10-11,21H2,1-5H3,(H,22,24);1H. The molecule has 2 unspecified atom stereocenters. The zero-order valence-corrected chi connectivity index (χ0v) is 17.7. The van der Waals surface area contributed by atoms with Crippen molar-refractivity contribution in [3.05, 3.63) is 34.9 Å². The predicted molar refractivity (Wildman–Crippen MR) is 110 cm³/mol. The maximum absolute atomic E-state index is 12.8. The summed E-state index contributed by atoms with van der Waals surface area (Å²) in [5.74, 6) is -0.138. The van der Waals surface area contributed by atoms with Crippen LogP contribution in [-0.4, -0.2) is 42.4 Å². The first kappa shape index (κ1) is 24.7. The van der Waals surface area contributed by atoms with Gasteiger partial charge in [0, 0.05) is 19.6 Å². The van der Waals surface area contributed by atoms with E-state index in [-0.39, 0.29) is 36.2 Å². The van der Waals surface area contributed by atoms with Gasteiger partial charge in [0.2, 0.25) is 5.91 Å². The Kier molecular flexibility index (Phi) is 10.8. The molecule has 148 valence electrons. The molecule has 0 bridgehead atoms. The third-order valence-corrected chi connectivity index (χ3v) is 4.70. The first-order valence-electron chi connectivity index (χ1n) is 8.71. The van der Waals surface area contributed by atoms with Gasteiger partial charge in [-0.2, -0.15) is 0 Å². The fraction of sp³-hybridized carbons (Fsp3) is 0.579. The lowest BCUT2D eigenvalue weighted by Gasteiger charge is -2.28. The second kappa shape index (κ2) is 11.4. The Hall–Kier alpha value is -1.30. The van der Waals surface area contributed by atoms with Gasteiger partial charge in [-0.05, 0) is 30.4 Å². The van der Waals surface area contributed by atoms with Crippen molar-refractivity contribution in [1.29, 1.82) is 0 Å². The molecule has 7 heteroatoms. The molecule has 1 aromatic rings. The minimum absolute atomic E-state index is 0. The maximum Gasteiger partial charge on any atom is 0.253 e. The zero-order chi connectivity index (χ0) is 19.1. The van der Waals surface area contributed by atoms with Gasteiger partial charge in [-0.25, -0.2) is 0 Å². The van der Waals surface area contributed by atoms with Gasteiger partial charge < -0.3 is 16.0 Å². The summed E-state index contributed by atoms with van der Waals surface area (Å²) in [5.41, 5.74) is 6.42. The first-order chi connectivity index (χ1) is 11.6. The van der Waals surface area contributed by atoms with E-state index in [1.54, 1.807) is 36.2 Å². The molecular formula is C19H31Cl2N3O2. The third-order valence-electron chi connectivity index (χ3n) is 4.37. The van der Waals surface area contributed by atoms with Crippen molar-refractivity contribution in [2.75, 3.05) is 13.6 Å². The number of likely N-dealkylation sites (N-methyl/N-ethyl adjacent to an activating group) is 1. The van der Waals surface area contributed by atoms with Crippen LogP contribution in [0.15, 0.2) is 24.3 Å². The lowest BCUT2D eigenvalue weighted by molar-refractivity contribution is -0.133. The average Bonchev–Trinajstić information content (AvgIpc) is 2.56. The number of carbonyl (C=O) groups excluding carboxylic acids is 2. The second-order valence-electron chi connectivity index (χ2n) is 7.13. The minimum atomic E-state index is -0.607. The molecule has 0 aromatic heterocycles. The van der Waals surface area contributed by atoms with E-state index in [0.717, 1.165) is 6.42 Å². The van der Waals surface area contributed by atoms with Crippen molar-refractivity contribution in [2.24, 2.45) is 17.6 Å². The van der Waals surface area contributed by atoms with Crippen LogP contribution in [0.25, 0.3) is 0 Å². The molecule has 26 heavy (non-hydrogen) atoms. The number of hydrogen-bond acceptors (Lipinski definition) is 3. The van der Waals surface area contributed by atoms with Crippen LogP contribution in [0.3, 0.4) is 0 Å². The van der Waals surface area contributed by atoms with E-state index in [4.69, 9.17) is 17.3 Å². The highest BCUT2D eigenvalue weighted by molar-refractivity contribution is 6.33. The van der Waals surface area contributed by atoms with Gasteiger partial charge in [-0.3, -0.25) is 9.59 Å². The molecular weight excluding hydrogens is 373 g/mol. The number of amides is 2. The topological polar surface area (TPSA) is 75.4 Å². The van der Waals surface area contributed by atoms with Crippen LogP contribution in [0.2, 0.25) is 5.02 Å². The summed E-state index contributed by atoms with van der Waals surface area (Å²) in [6.07, 6.45) is 0.725. The Morgan fingerprint density at radius 3 is 2.23 bits per heavy atom. The van der Waals surface area contributed by atoms with Gasteiger partial charge >= 0.3 is 0 Å². The van der Waals surface area contributed by atoms with E-state index >= 15 is 0 Å². The van der Waals surface area contributed by atoms with Gasteiger partial charge in [0.1, 0.15) is 6.04 Å². The van der Waals surface area contributed by atoms with E-state index in [9.17, 15) is 9.59 Å². The number of benzene rings is 1. The van der Waals surface area contributed by atoms with Crippen molar-refractivity contribution in [2.45, 2.75) is 46.2 Å². The van der Waals surface area contributed by atoms with Crippen LogP contribution < -0.4 is 11.1 Å². The highest BCUT2D eigenvalue weighted by Gasteiger charge is 2.28. The molecule has 1 aromatic carbocycles. The molecule has 0 spiro atoms. The molecule has 0 fully saturated rings. The van der Waals surface area contributed by atoms with Crippen LogP contribution in [-0.2, 0) is 4.79 Å². The third kappa shape index (κ3) is 7.14. The van der Waals surface area contributed by atoms with Crippen molar-refractivity contribution < 1.29 is 9.59 Å². The monoisotopic (exact) mass is 403 g/mol. The highest BCUT2D eigenvalue weighted by atomic mass is 35.5. The number of hydrogen-bond donors (Lipinski definition) is 2. The summed E-state index contributed by atoms with van der Waals surface area (Å²) >= 11 is 6.07. The lowest BCUT2D eigenvalue weighted by Crippen LogP contribution is -2.50. The Balaban J connectivity index is 0.00000625. The van der Waals surface area contributed by atoms with E-state index in [1.807, 2.05) is 13.8 Å². The van der Waals surface area contributed by atoms with Gasteiger partial charge in [-0.15, -0.1) is 12.4 Å². The number of halogens is 2. The molecule has 2 atom stereocenters. The zero-order valence-electron chi connectivity index (χ0n) is 16.2. The van der Waals surface area contributed by atoms with Crippen LogP contribution in [0.5, 0.6) is 0 Å². The van der Waals surface area contributed by atoms with E-state index in [2.05, 4.69) is 19.2 Å². The summed E-state index contributed by atoms with van der Waals surface area (Å²) < 4.78 is 0. The maximum atomic E-state index is 12.8. The normalized spacial score (nSPS) is 13.1. The van der Waals surface area contributed by atoms with Crippen LogP contribution in [0.1, 0.15) is 44.5 Å². The van der Waals surface area contributed by atoms with Crippen LogP contribution >= 0.6 is 24.0 Å². The van der Waals surface area contributed by atoms with Gasteiger partial charge in [-0.1, -0.05) is 51.4 Å². The molecule has 0 aliphatic carbocycles. The predicted octanol–water partition coefficient (Wildman–Crippen LogP) is 3.35. The lowest BCUT2D eigenvalue weighted by atomic mass is 10.00. The smallest absolute Gasteiger partial charge is 0.253 e. The Morgan fingerprint density at radius 2 is 1.73 bits per heavy atom. The fourth-order valence-electron chi connectivity index (χ4n) is 2.40. The van der Waals surface area contributed by atoms with Crippen molar-refractivity contribution in [3.8, 4) is 0 Å². The number of nitrogens with one attached hydrogen (secondary N) is 1. The molecule has 0 saturated heterocycles. The Labute approximate surface area is 168 Å². The molecule has 0 aliphatic heterocycles. The summed E-state index contributed by atoms with van der Waals surface area (Å²) in [6.45, 7) is 8.50. The summed E-state index contributed by atoms with van der Waals surface area (Å²) in [5, 5.41) is 3.19. The quantitative estimate of drug-likeness (QED) is 0.698. The molecule has 0 aliphatic rings. The van der Waals surface area contributed by atoms with Crippen LogP contribution in [0.4, 0.5) is 0 Å². The van der Waals surface area contributed by atoms with Gasteiger partial charge in [0.15, 0.2) is 0 Å². The summed E-state index contributed by atoms with van der Waals surface area (Å²) in [4.78, 5) is 26.9. The summed E-state index contributed by atoms with van der Waals surface area (Å²) in [7, 11) is 1.74. The molecule has 0 heterocycles. The largest absolute Gasteiger partial charge is 0.344 e. The fourth-order valence-corrected chi connectivity index (χ4v) is 2.62. The van der Waals surface area contributed by atoms with E-state index < -0.39 is 6.04 Å². The number of nitrogens with two attached hydrogens (primary N) is 1. The van der Waals surface area contributed by atoms with Crippen molar-refractivity contribution in [3.63, 3.8) is 0 Å². The molecule has 2 amide bonds. The second-order valence-corrected chi connectivity index (χ2v) is 7.54. The average molecular weight is 404 g/mol. The highest BCUT2D eigenvalue weighted by Crippen LogP contribution is 2.16. The molecule has 1 rings (SSSR count). The number of carbonyl (C=O) groups is 2. The van der Waals surface area contributed by atoms with E-state index in [0.29, 0.717) is 23.0 Å². The molecule has 3 N–H and O–H groups in total. The van der Waals surface area contributed by atoms with E-state index in [1.165, 1.54) is 0 Å². The Morgan fingerprint density at radius 1 is 1.15 bits per heavy atom. The van der Waals surface area contributed by atoms with Crippen molar-refractivity contribution >= 4 is 35.8 Å². The molecule has 0 radical (unpaired) electrons. The first-order valence-corrected chi connectivity index (χ1v) is 9.08. The number of rotatable bonds is 8. The van der Waals surface area contributed by atoms with Crippen LogP contribution in [0, 0.1) is 11.8 Å². The van der Waals surface area contributed by atoms with Gasteiger partial charge in [0.25, 0.3) is 5.91 Å². The minimum Gasteiger partial charge on any atom is -0.344 e. The number of nitrogens with zero attached hydrogens (tertiary/aromatic N) is 1. The molecule has 0 saturated carbocycles. The van der Waals surface area contributed by atoms with Gasteiger partial charge in [0.05, 0.1) is 10.6 Å². The SMILES string of the molecule is CC(C)C(N)CCN(C)C(=O)C(NC(=O)c1ccccc1Cl)C(C)C.Cl. The van der Waals surface area contributed by atoms with Crippen molar-refractivity contribution in [1.82, 2.24) is 10.2 Å².